The molecular formula is C63H61N5S. The number of nitrogens with zero attached hydrogens (tertiary/aromatic N) is 2. The first-order valence-electron chi connectivity index (χ1n) is 25.7. The molecule has 4 aromatic carbocycles. The lowest BCUT2D eigenvalue weighted by Crippen LogP contribution is -2.59. The van der Waals surface area contributed by atoms with Crippen LogP contribution in [0.1, 0.15) is 76.7 Å². The van der Waals surface area contributed by atoms with Crippen molar-refractivity contribution in [1.29, 1.82) is 0 Å². The van der Waals surface area contributed by atoms with Crippen LogP contribution in [0.25, 0.3) is 53.4 Å². The minimum atomic E-state index is -0.0462. The van der Waals surface area contributed by atoms with Gasteiger partial charge in [-0.2, -0.15) is 0 Å². The normalized spacial score (nSPS) is 27.0. The number of hydrogen-bond donors (Lipinski definition) is 3. The van der Waals surface area contributed by atoms with Crippen molar-refractivity contribution in [2.75, 3.05) is 6.54 Å². The van der Waals surface area contributed by atoms with Crippen molar-refractivity contribution >= 4 is 64.8 Å². The maximum atomic E-state index is 5.70. The van der Waals surface area contributed by atoms with Gasteiger partial charge < -0.3 is 15.2 Å². The molecule has 0 saturated heterocycles. The van der Waals surface area contributed by atoms with Crippen molar-refractivity contribution < 1.29 is 0 Å². The summed E-state index contributed by atoms with van der Waals surface area (Å²) in [5, 5.41) is 17.4. The van der Waals surface area contributed by atoms with Crippen molar-refractivity contribution in [3.8, 4) is 5.69 Å². The molecule has 0 radical (unpaired) electrons. The van der Waals surface area contributed by atoms with E-state index in [1.54, 1.807) is 0 Å². The minimum Gasteiger partial charge on any atom is -0.380 e. The Morgan fingerprint density at radius 2 is 1.57 bits per heavy atom. The van der Waals surface area contributed by atoms with Crippen molar-refractivity contribution in [2.45, 2.75) is 83.5 Å². The Morgan fingerprint density at radius 3 is 2.39 bits per heavy atom. The largest absolute Gasteiger partial charge is 0.380 e. The zero-order valence-electron chi connectivity index (χ0n) is 39.6. The number of amidine groups is 1. The molecule has 5 nitrogen and oxygen atoms in total. The Morgan fingerprint density at radius 1 is 0.696 bits per heavy atom. The highest BCUT2D eigenvalue weighted by Gasteiger charge is 2.38. The molecule has 6 unspecified atom stereocenters. The molecule has 0 amide bonds. The fourth-order valence-electron chi connectivity index (χ4n) is 12.5. The molecule has 0 saturated carbocycles. The van der Waals surface area contributed by atoms with E-state index in [1.165, 1.54) is 101 Å². The third-order valence-corrected chi connectivity index (χ3v) is 17.3. The van der Waals surface area contributed by atoms with Crippen LogP contribution >= 0.6 is 11.3 Å². The molecule has 6 heteroatoms. The first-order chi connectivity index (χ1) is 34.0. The summed E-state index contributed by atoms with van der Waals surface area (Å²) < 4.78 is 5.04. The van der Waals surface area contributed by atoms with Crippen LogP contribution in [0.3, 0.4) is 0 Å². The maximum Gasteiger partial charge on any atom is 0.133 e. The van der Waals surface area contributed by atoms with Crippen LogP contribution in [-0.2, 0) is 0 Å². The predicted octanol–water partition coefficient (Wildman–Crippen LogP) is 15.0. The third-order valence-electron chi connectivity index (χ3n) is 16.2. The standard InChI is InChI=1S/C63H61N5S/c1-63(48-25-13-5-14-26-48)38-45(41-19-7-2-8-20-41)33-46(39-63)47-35-54(62-66-60(42-21-9-3-10-22-42)65-61(67-62)43-23-11-4-12-24-43)59(64-40-47)44-31-32-57-52(34-44)53-36-51-50-29-17-18-30-55(50)68(49-27-15-6-16-28-49)56(51)37-58(53)69-57/h2-3,6-7,9-11,13,15-19,21,23,25,27-38,42-43,48,60-61,64-65H,4-5,8,12,14,20,22,24,26,39-40H2,1H3,(H,66,67). The molecule has 13 rings (SSSR count). The molecule has 0 fully saturated rings. The molecule has 4 heterocycles. The zero-order valence-corrected chi connectivity index (χ0v) is 40.4. The van der Waals surface area contributed by atoms with E-state index >= 15 is 0 Å². The molecule has 5 aliphatic carbocycles. The van der Waals surface area contributed by atoms with Gasteiger partial charge in [0.05, 0.1) is 22.9 Å². The van der Waals surface area contributed by atoms with Gasteiger partial charge >= 0.3 is 0 Å². The Hall–Kier alpha value is -6.47. The Labute approximate surface area is 410 Å². The molecular weight excluding hydrogens is 859 g/mol. The fraction of sp³-hybridized carbons (Fsp3) is 0.286. The van der Waals surface area contributed by atoms with E-state index < -0.39 is 0 Å². The van der Waals surface area contributed by atoms with E-state index in [-0.39, 0.29) is 23.7 Å². The molecule has 6 aromatic rings. The van der Waals surface area contributed by atoms with Crippen LogP contribution in [0, 0.1) is 23.2 Å². The summed E-state index contributed by atoms with van der Waals surface area (Å²) in [6.45, 7) is 3.29. The number of aromatic nitrogens is 1. The minimum absolute atomic E-state index is 0.0298. The maximum absolute atomic E-state index is 5.70. The number of hydrogen-bond acceptors (Lipinski definition) is 5. The Bertz CT molecular complexity index is 3390. The fourth-order valence-corrected chi connectivity index (χ4v) is 13.6. The second kappa shape index (κ2) is 17.8. The van der Waals surface area contributed by atoms with Crippen molar-refractivity contribution in [3.05, 3.63) is 203 Å². The lowest BCUT2D eigenvalue weighted by atomic mass is 9.64. The molecule has 2 aromatic heterocycles. The van der Waals surface area contributed by atoms with E-state index in [0.29, 0.717) is 11.8 Å². The molecule has 2 aliphatic heterocycles. The topological polar surface area (TPSA) is 53.4 Å². The number of dihydropyridines is 1. The number of thiophene rings is 1. The molecule has 3 N–H and O–H groups in total. The highest BCUT2D eigenvalue weighted by molar-refractivity contribution is 7.25. The van der Waals surface area contributed by atoms with Crippen LogP contribution in [-0.4, -0.2) is 29.3 Å². The molecule has 0 spiro atoms. The van der Waals surface area contributed by atoms with Gasteiger partial charge in [-0.25, -0.2) is 4.99 Å². The summed E-state index contributed by atoms with van der Waals surface area (Å²) in [4.78, 5) is 5.70. The zero-order chi connectivity index (χ0) is 45.9. The van der Waals surface area contributed by atoms with Crippen LogP contribution in [0.15, 0.2) is 203 Å². The first kappa shape index (κ1) is 42.6. The van der Waals surface area contributed by atoms with Gasteiger partial charge in [-0.1, -0.05) is 128 Å². The summed E-state index contributed by atoms with van der Waals surface area (Å²) in [7, 11) is 0. The summed E-state index contributed by atoms with van der Waals surface area (Å²) in [6.07, 6.45) is 44.9. The molecule has 69 heavy (non-hydrogen) atoms. The van der Waals surface area contributed by atoms with Gasteiger partial charge in [0.25, 0.3) is 0 Å². The van der Waals surface area contributed by atoms with Gasteiger partial charge in [-0.3, -0.25) is 5.32 Å². The smallest absolute Gasteiger partial charge is 0.133 e. The van der Waals surface area contributed by atoms with E-state index in [9.17, 15) is 0 Å². The lowest BCUT2D eigenvalue weighted by molar-refractivity contribution is 0.274. The van der Waals surface area contributed by atoms with Crippen molar-refractivity contribution in [3.63, 3.8) is 0 Å². The van der Waals surface area contributed by atoms with Gasteiger partial charge in [0.1, 0.15) is 12.0 Å². The highest BCUT2D eigenvalue weighted by Crippen LogP contribution is 2.49. The highest BCUT2D eigenvalue weighted by atomic mass is 32.1. The number of benzene rings is 4. The van der Waals surface area contributed by atoms with Gasteiger partial charge in [-0.05, 0) is 152 Å². The number of rotatable bonds is 8. The van der Waals surface area contributed by atoms with Gasteiger partial charge in [-0.15, -0.1) is 11.3 Å². The second-order valence-corrected chi connectivity index (χ2v) is 21.8. The van der Waals surface area contributed by atoms with E-state index in [2.05, 4.69) is 197 Å². The molecule has 6 atom stereocenters. The van der Waals surface area contributed by atoms with Crippen LogP contribution < -0.4 is 16.0 Å². The predicted molar refractivity (Wildman–Crippen MR) is 293 cm³/mol. The monoisotopic (exact) mass is 919 g/mol. The molecule has 7 aliphatic rings. The average Bonchev–Trinajstić information content (AvgIpc) is 3.95. The molecule has 344 valence electrons. The number of para-hydroxylation sites is 2. The van der Waals surface area contributed by atoms with Crippen LogP contribution in [0.5, 0.6) is 0 Å². The SMILES string of the molecule is CC1(C2C=CCCC2)C=C(C2=CC=CCC2)C=C(C2=CC(C3=NC(C4C=CC=CC4)NC(C4C=CCCC4)N3)=C(c3ccc4sc5cc6c(cc5c4c3)c3ccccc3n6-c3ccccc3)NC2)C1. The summed E-state index contributed by atoms with van der Waals surface area (Å²) in [5.41, 5.74) is 12.9. The third kappa shape index (κ3) is 7.86. The first-order valence-corrected chi connectivity index (χ1v) is 26.6. The van der Waals surface area contributed by atoms with Gasteiger partial charge in [0, 0.05) is 60.6 Å². The summed E-state index contributed by atoms with van der Waals surface area (Å²) in [6, 6.07) is 31.7. The second-order valence-electron chi connectivity index (χ2n) is 20.7. The number of fused-ring (bicyclic) bond motifs is 6. The van der Waals surface area contributed by atoms with Crippen LogP contribution in [0.4, 0.5) is 0 Å². The van der Waals surface area contributed by atoms with E-state index in [1.807, 2.05) is 11.3 Å². The quantitative estimate of drug-likeness (QED) is 0.133. The van der Waals surface area contributed by atoms with Crippen LogP contribution in [0.2, 0.25) is 0 Å². The average molecular weight is 920 g/mol. The lowest BCUT2D eigenvalue weighted by Gasteiger charge is -2.41. The summed E-state index contributed by atoms with van der Waals surface area (Å²) in [5.74, 6) is 2.17. The number of allylic oxidation sites excluding steroid dienone is 13. The Kier molecular flexibility index (Phi) is 11.0. The van der Waals surface area contributed by atoms with E-state index in [0.717, 1.165) is 62.2 Å². The van der Waals surface area contributed by atoms with Gasteiger partial charge in [0.2, 0.25) is 0 Å². The number of nitrogens with one attached hydrogen (secondary N) is 3. The summed E-state index contributed by atoms with van der Waals surface area (Å²) >= 11 is 1.90. The van der Waals surface area contributed by atoms with E-state index in [4.69, 9.17) is 4.99 Å². The van der Waals surface area contributed by atoms with Crippen molar-refractivity contribution in [1.82, 2.24) is 20.5 Å². The number of aliphatic imine (C=N–C) groups is 1. The molecule has 0 bridgehead atoms. The Balaban J connectivity index is 0.980. The van der Waals surface area contributed by atoms with Gasteiger partial charge in [0.15, 0.2) is 0 Å². The van der Waals surface area contributed by atoms with Crippen molar-refractivity contribution in [2.24, 2.45) is 28.2 Å².